The first-order valence-corrected chi connectivity index (χ1v) is 12.7. The lowest BCUT2D eigenvalue weighted by Crippen LogP contribution is -2.45. The fourth-order valence-electron chi connectivity index (χ4n) is 5.48. The van der Waals surface area contributed by atoms with Crippen LogP contribution in [-0.4, -0.2) is 36.9 Å². The lowest BCUT2D eigenvalue weighted by molar-refractivity contribution is -0.160. The van der Waals surface area contributed by atoms with Crippen LogP contribution in [0.3, 0.4) is 0 Å². The maximum Gasteiger partial charge on any atom is 0.249 e. The Labute approximate surface area is 217 Å². The second kappa shape index (κ2) is 8.70. The van der Waals surface area contributed by atoms with Gasteiger partial charge in [0.1, 0.15) is 5.82 Å². The summed E-state index contributed by atoms with van der Waals surface area (Å²) in [5.41, 5.74) is 7.91. The molecule has 8 nitrogen and oxygen atoms in total. The Morgan fingerprint density at radius 1 is 0.974 bits per heavy atom. The average Bonchev–Trinajstić information content (AvgIpc) is 3.67. The van der Waals surface area contributed by atoms with E-state index in [9.17, 15) is 13.6 Å². The summed E-state index contributed by atoms with van der Waals surface area (Å²) in [5, 5.41) is 13.7. The summed E-state index contributed by atoms with van der Waals surface area (Å²) in [6.45, 7) is 2.22. The van der Waals surface area contributed by atoms with E-state index >= 15 is 0 Å². The zero-order valence-electron chi connectivity index (χ0n) is 20.5. The Morgan fingerprint density at radius 3 is 2.53 bits per heavy atom. The van der Waals surface area contributed by atoms with Crippen LogP contribution in [-0.2, 0) is 31.0 Å². The molecule has 4 aromatic rings. The van der Waals surface area contributed by atoms with Crippen LogP contribution in [0.4, 0.5) is 20.3 Å². The minimum absolute atomic E-state index is 0.182. The van der Waals surface area contributed by atoms with Gasteiger partial charge in [-0.1, -0.05) is 24.3 Å². The summed E-state index contributed by atoms with van der Waals surface area (Å²) < 4.78 is 26.6. The number of nitrogens with one attached hydrogen (secondary N) is 3. The molecule has 0 saturated heterocycles. The summed E-state index contributed by atoms with van der Waals surface area (Å²) in [4.78, 5) is 24.1. The first kappa shape index (κ1) is 23.0. The van der Waals surface area contributed by atoms with Crippen LogP contribution in [0.5, 0.6) is 0 Å². The molecule has 2 aliphatic heterocycles. The highest BCUT2D eigenvalue weighted by molar-refractivity contribution is 5.81. The van der Waals surface area contributed by atoms with Crippen LogP contribution in [0.25, 0.3) is 22.5 Å². The van der Waals surface area contributed by atoms with Crippen molar-refractivity contribution in [2.75, 3.05) is 5.32 Å². The number of halogens is 2. The molecule has 2 aromatic heterocycles. The zero-order valence-corrected chi connectivity index (χ0v) is 20.5. The molecule has 4 heterocycles. The number of hydrogen-bond donors (Lipinski definition) is 3. The number of nitrogens with zero attached hydrogens (tertiary/aromatic N) is 4. The van der Waals surface area contributed by atoms with Crippen molar-refractivity contribution in [2.45, 2.75) is 44.9 Å². The molecule has 3 aliphatic rings. The van der Waals surface area contributed by atoms with E-state index in [4.69, 9.17) is 9.97 Å². The van der Waals surface area contributed by atoms with E-state index < -0.39 is 11.8 Å². The molecule has 1 fully saturated rings. The molecule has 3 N–H and O–H groups in total. The van der Waals surface area contributed by atoms with Crippen molar-refractivity contribution in [1.82, 2.24) is 30.4 Å². The van der Waals surface area contributed by atoms with Crippen molar-refractivity contribution in [3.05, 3.63) is 77.2 Å². The molecule has 2 aromatic carbocycles. The quantitative estimate of drug-likeness (QED) is 0.356. The molecule has 1 amide bonds. The van der Waals surface area contributed by atoms with Crippen molar-refractivity contribution in [1.29, 1.82) is 0 Å². The number of hydrogen-bond acceptors (Lipinski definition) is 6. The molecule has 0 radical (unpaired) electrons. The number of carbonyl (C=O) groups excluding carboxylic acids is 1. The summed E-state index contributed by atoms with van der Waals surface area (Å²) in [7, 11) is 0. The van der Waals surface area contributed by atoms with Crippen molar-refractivity contribution in [2.24, 2.45) is 5.92 Å². The Kier molecular flexibility index (Phi) is 5.26. The number of amides is 1. The average molecular weight is 514 g/mol. The number of rotatable bonds is 5. The number of anilines is 2. The normalized spacial score (nSPS) is 17.7. The molecule has 1 saturated carbocycles. The first-order chi connectivity index (χ1) is 18.4. The molecule has 1 aliphatic carbocycles. The van der Waals surface area contributed by atoms with Gasteiger partial charge in [0.05, 0.1) is 11.9 Å². The highest BCUT2D eigenvalue weighted by Gasteiger charge is 2.50. The number of aromatic amines is 1. The number of fused-ring (bicyclic) bond motifs is 2. The van der Waals surface area contributed by atoms with Gasteiger partial charge in [-0.05, 0) is 34.9 Å². The molecule has 0 unspecified atom stereocenters. The summed E-state index contributed by atoms with van der Waals surface area (Å²) >= 11 is 0. The van der Waals surface area contributed by atoms with E-state index in [2.05, 4.69) is 20.8 Å². The van der Waals surface area contributed by atoms with Crippen molar-refractivity contribution in [3.8, 4) is 22.5 Å². The minimum Gasteiger partial charge on any atom is -0.340 e. The van der Waals surface area contributed by atoms with Crippen molar-refractivity contribution < 1.29 is 13.6 Å². The van der Waals surface area contributed by atoms with Crippen LogP contribution in [0.1, 0.15) is 35.2 Å². The summed E-state index contributed by atoms with van der Waals surface area (Å²) in [6, 6.07) is 14.1. The maximum absolute atomic E-state index is 13.3. The standard InChI is InChI=1S/C28H25F2N7O/c29-28(30)8-20(9-28)27(38)37-14-18-2-1-17(7-19(18)15-37)25-35-24-13-31-12-23(24)26(36-25)34-22-5-3-16(4-6-22)21-10-32-33-11-21/h1-7,10-11,20,31H,8-9,12-15H2,(H,32,33)(H,34,35,36). The van der Waals surface area contributed by atoms with E-state index in [1.807, 2.05) is 48.7 Å². The monoisotopic (exact) mass is 513 g/mol. The molecular formula is C28H25F2N7O. The second-order valence-electron chi connectivity index (χ2n) is 10.3. The minimum atomic E-state index is -2.70. The Bertz CT molecular complexity index is 1530. The fraction of sp³-hybridized carbons (Fsp3) is 0.286. The van der Waals surface area contributed by atoms with Gasteiger partial charge in [0.15, 0.2) is 5.82 Å². The lowest BCUT2D eigenvalue weighted by Gasteiger charge is -2.36. The van der Waals surface area contributed by atoms with Gasteiger partial charge in [0.25, 0.3) is 0 Å². The Morgan fingerprint density at radius 2 is 1.76 bits per heavy atom. The highest BCUT2D eigenvalue weighted by Crippen LogP contribution is 2.44. The molecule has 38 heavy (non-hydrogen) atoms. The Hall–Kier alpha value is -4.18. The maximum atomic E-state index is 13.3. The van der Waals surface area contributed by atoms with E-state index in [1.165, 1.54) is 0 Å². The van der Waals surface area contributed by atoms with Crippen LogP contribution in [0.15, 0.2) is 54.9 Å². The number of alkyl halides is 2. The van der Waals surface area contributed by atoms with Gasteiger partial charge in [-0.3, -0.25) is 9.89 Å². The van der Waals surface area contributed by atoms with Crippen LogP contribution in [0, 0.1) is 5.92 Å². The number of aromatic nitrogens is 4. The predicted molar refractivity (Wildman–Crippen MR) is 137 cm³/mol. The van der Waals surface area contributed by atoms with E-state index in [0.29, 0.717) is 32.0 Å². The predicted octanol–water partition coefficient (Wildman–Crippen LogP) is 4.77. The van der Waals surface area contributed by atoms with Crippen LogP contribution in [0.2, 0.25) is 0 Å². The molecule has 0 bridgehead atoms. The van der Waals surface area contributed by atoms with Gasteiger partial charge in [-0.25, -0.2) is 18.7 Å². The molecular weight excluding hydrogens is 488 g/mol. The van der Waals surface area contributed by atoms with Crippen molar-refractivity contribution >= 4 is 17.4 Å². The van der Waals surface area contributed by atoms with E-state index in [0.717, 1.165) is 50.6 Å². The van der Waals surface area contributed by atoms with E-state index in [-0.39, 0.29) is 18.7 Å². The topological polar surface area (TPSA) is 98.8 Å². The third-order valence-corrected chi connectivity index (χ3v) is 7.60. The van der Waals surface area contributed by atoms with Crippen LogP contribution < -0.4 is 10.6 Å². The van der Waals surface area contributed by atoms with Crippen molar-refractivity contribution in [3.63, 3.8) is 0 Å². The van der Waals surface area contributed by atoms with Gasteiger partial charge in [0, 0.05) is 73.5 Å². The van der Waals surface area contributed by atoms with Crippen LogP contribution >= 0.6 is 0 Å². The van der Waals surface area contributed by atoms with Gasteiger partial charge in [-0.15, -0.1) is 0 Å². The molecule has 0 spiro atoms. The smallest absolute Gasteiger partial charge is 0.249 e. The van der Waals surface area contributed by atoms with E-state index in [1.54, 1.807) is 11.1 Å². The van der Waals surface area contributed by atoms with Gasteiger partial charge in [0.2, 0.25) is 11.8 Å². The number of H-pyrrole nitrogens is 1. The highest BCUT2D eigenvalue weighted by atomic mass is 19.3. The third kappa shape index (κ3) is 4.10. The van der Waals surface area contributed by atoms with Gasteiger partial charge < -0.3 is 15.5 Å². The molecule has 0 atom stereocenters. The van der Waals surface area contributed by atoms with Gasteiger partial charge in [-0.2, -0.15) is 5.10 Å². The molecule has 10 heteroatoms. The third-order valence-electron chi connectivity index (χ3n) is 7.60. The zero-order chi connectivity index (χ0) is 25.9. The largest absolute Gasteiger partial charge is 0.340 e. The fourth-order valence-corrected chi connectivity index (χ4v) is 5.48. The lowest BCUT2D eigenvalue weighted by atomic mass is 9.80. The number of carbonyl (C=O) groups is 1. The SMILES string of the molecule is O=C(C1CC(F)(F)C1)N1Cc2ccc(-c3nc4c(c(Nc5ccc(-c6cn[nH]c6)cc5)n3)CNC4)cc2C1. The first-order valence-electron chi connectivity index (χ1n) is 12.7. The number of benzene rings is 2. The summed E-state index contributed by atoms with van der Waals surface area (Å²) in [5.74, 6) is -2.09. The Balaban J connectivity index is 1.13. The molecule has 7 rings (SSSR count). The van der Waals surface area contributed by atoms with Gasteiger partial charge >= 0.3 is 0 Å². The second-order valence-corrected chi connectivity index (χ2v) is 10.3. The molecule has 192 valence electrons. The summed E-state index contributed by atoms with van der Waals surface area (Å²) in [6.07, 6.45) is 2.95.